The number of H-pyrrole nitrogens is 1. The summed E-state index contributed by atoms with van der Waals surface area (Å²) in [6.45, 7) is 6.42. The van der Waals surface area contributed by atoms with Gasteiger partial charge in [0.05, 0.1) is 0 Å². The predicted octanol–water partition coefficient (Wildman–Crippen LogP) is 2.28. The van der Waals surface area contributed by atoms with Gasteiger partial charge in [-0.2, -0.15) is 5.10 Å². The summed E-state index contributed by atoms with van der Waals surface area (Å²) in [6.07, 6.45) is 2.08. The van der Waals surface area contributed by atoms with E-state index in [9.17, 15) is 0 Å². The first-order valence-electron chi connectivity index (χ1n) is 5.01. The van der Waals surface area contributed by atoms with Crippen LogP contribution in [-0.2, 0) is 17.9 Å². The zero-order valence-corrected chi connectivity index (χ0v) is 9.56. The van der Waals surface area contributed by atoms with E-state index in [4.69, 9.17) is 17.0 Å². The fourth-order valence-electron chi connectivity index (χ4n) is 1.22. The summed E-state index contributed by atoms with van der Waals surface area (Å²) in [5.74, 6) is 0.894. The molecule has 5 heteroatoms. The van der Waals surface area contributed by atoms with Crippen LogP contribution in [0.3, 0.4) is 0 Å². The molecule has 1 aromatic heterocycles. The van der Waals surface area contributed by atoms with Crippen LogP contribution in [0, 0.1) is 4.77 Å². The van der Waals surface area contributed by atoms with E-state index < -0.39 is 0 Å². The summed E-state index contributed by atoms with van der Waals surface area (Å²) >= 11 is 5.11. The van der Waals surface area contributed by atoms with Gasteiger partial charge in [0.2, 0.25) is 0 Å². The lowest BCUT2D eigenvalue weighted by atomic mass is 10.4. The van der Waals surface area contributed by atoms with Gasteiger partial charge in [-0.05, 0) is 25.1 Å². The Hall–Kier alpha value is -0.680. The molecule has 0 saturated heterocycles. The molecule has 0 aliphatic heterocycles. The van der Waals surface area contributed by atoms with Crippen LogP contribution in [0.4, 0.5) is 0 Å². The van der Waals surface area contributed by atoms with Crippen molar-refractivity contribution in [1.29, 1.82) is 0 Å². The van der Waals surface area contributed by atoms with Gasteiger partial charge in [-0.1, -0.05) is 13.8 Å². The van der Waals surface area contributed by atoms with Crippen molar-refractivity contribution in [1.82, 2.24) is 14.8 Å². The zero-order valence-electron chi connectivity index (χ0n) is 8.75. The van der Waals surface area contributed by atoms with Gasteiger partial charge in [0.25, 0.3) is 0 Å². The molecule has 0 fully saturated rings. The number of aromatic amines is 1. The van der Waals surface area contributed by atoms with Gasteiger partial charge < -0.3 is 9.30 Å². The van der Waals surface area contributed by atoms with Crippen LogP contribution in [0.5, 0.6) is 0 Å². The van der Waals surface area contributed by atoms with E-state index in [2.05, 4.69) is 24.0 Å². The molecule has 1 N–H and O–H groups in total. The standard InChI is InChI=1S/C9H17N3OS/c1-3-5-12-8(7-13-6-4-2)10-11-9(12)14/h3-7H2,1-2H3,(H,11,14). The molecular weight excluding hydrogens is 198 g/mol. The Balaban J connectivity index is 2.61. The van der Waals surface area contributed by atoms with Crippen molar-refractivity contribution >= 4 is 12.2 Å². The number of nitrogens with zero attached hydrogens (tertiary/aromatic N) is 2. The van der Waals surface area contributed by atoms with Crippen molar-refractivity contribution in [3.05, 3.63) is 10.6 Å². The van der Waals surface area contributed by atoms with Crippen LogP contribution in [0.1, 0.15) is 32.5 Å². The monoisotopic (exact) mass is 215 g/mol. The van der Waals surface area contributed by atoms with E-state index in [1.54, 1.807) is 0 Å². The largest absolute Gasteiger partial charge is 0.373 e. The van der Waals surface area contributed by atoms with Gasteiger partial charge in [0.1, 0.15) is 6.61 Å². The van der Waals surface area contributed by atoms with E-state index in [-0.39, 0.29) is 0 Å². The third-order valence-electron chi connectivity index (χ3n) is 1.86. The maximum Gasteiger partial charge on any atom is 0.195 e. The van der Waals surface area contributed by atoms with Gasteiger partial charge in [-0.3, -0.25) is 5.10 Å². The number of rotatable bonds is 6. The van der Waals surface area contributed by atoms with Crippen LogP contribution in [0.2, 0.25) is 0 Å². The first kappa shape index (κ1) is 11.4. The van der Waals surface area contributed by atoms with E-state index in [0.717, 1.165) is 31.8 Å². The molecule has 0 saturated carbocycles. The minimum atomic E-state index is 0.543. The summed E-state index contributed by atoms with van der Waals surface area (Å²) < 4.78 is 8.09. The highest BCUT2D eigenvalue weighted by Gasteiger charge is 2.04. The smallest absolute Gasteiger partial charge is 0.195 e. The molecule has 0 spiro atoms. The summed E-state index contributed by atoms with van der Waals surface area (Å²) in [5.41, 5.74) is 0. The number of ether oxygens (including phenoxy) is 1. The molecule has 0 aromatic carbocycles. The molecule has 14 heavy (non-hydrogen) atoms. The Morgan fingerprint density at radius 1 is 1.43 bits per heavy atom. The second-order valence-corrected chi connectivity index (χ2v) is 3.54. The average molecular weight is 215 g/mol. The highest BCUT2D eigenvalue weighted by Crippen LogP contribution is 2.01. The zero-order chi connectivity index (χ0) is 10.4. The lowest BCUT2D eigenvalue weighted by Crippen LogP contribution is -2.06. The Morgan fingerprint density at radius 3 is 2.86 bits per heavy atom. The topological polar surface area (TPSA) is 42.8 Å². The van der Waals surface area contributed by atoms with Crippen LogP contribution in [-0.4, -0.2) is 21.4 Å². The molecule has 1 aromatic rings. The SMILES string of the molecule is CCCOCc1n[nH]c(=S)n1CCC. The average Bonchev–Trinajstić information content (AvgIpc) is 2.51. The lowest BCUT2D eigenvalue weighted by Gasteiger charge is -2.04. The van der Waals surface area contributed by atoms with Crippen molar-refractivity contribution < 1.29 is 4.74 Å². The molecule has 0 radical (unpaired) electrons. The summed E-state index contributed by atoms with van der Waals surface area (Å²) in [5, 5.41) is 6.91. The molecule has 0 aliphatic carbocycles. The number of hydrogen-bond acceptors (Lipinski definition) is 3. The van der Waals surface area contributed by atoms with Crippen molar-refractivity contribution in [2.24, 2.45) is 0 Å². The van der Waals surface area contributed by atoms with Crippen LogP contribution < -0.4 is 0 Å². The van der Waals surface area contributed by atoms with Crippen LogP contribution >= 0.6 is 12.2 Å². The second-order valence-electron chi connectivity index (χ2n) is 3.15. The summed E-state index contributed by atoms with van der Waals surface area (Å²) in [7, 11) is 0. The van der Waals surface area contributed by atoms with Crippen molar-refractivity contribution in [2.45, 2.75) is 39.8 Å². The highest BCUT2D eigenvalue weighted by atomic mass is 32.1. The maximum atomic E-state index is 5.42. The molecule has 0 bridgehead atoms. The number of aromatic nitrogens is 3. The maximum absolute atomic E-state index is 5.42. The Bertz CT molecular complexity index is 318. The third-order valence-corrected chi connectivity index (χ3v) is 2.18. The minimum Gasteiger partial charge on any atom is -0.373 e. The quantitative estimate of drug-likeness (QED) is 0.585. The summed E-state index contributed by atoms with van der Waals surface area (Å²) in [6, 6.07) is 0. The minimum absolute atomic E-state index is 0.543. The Kier molecular flexibility index (Phi) is 4.82. The molecule has 4 nitrogen and oxygen atoms in total. The van der Waals surface area contributed by atoms with Gasteiger partial charge in [-0.25, -0.2) is 0 Å². The molecule has 1 rings (SSSR count). The number of hydrogen-bond donors (Lipinski definition) is 1. The summed E-state index contributed by atoms with van der Waals surface area (Å²) in [4.78, 5) is 0. The second kappa shape index (κ2) is 5.93. The molecule has 0 aliphatic rings. The van der Waals surface area contributed by atoms with Crippen LogP contribution in [0.15, 0.2) is 0 Å². The molecule has 80 valence electrons. The molecular formula is C9H17N3OS. The highest BCUT2D eigenvalue weighted by molar-refractivity contribution is 7.71. The van der Waals surface area contributed by atoms with E-state index in [1.807, 2.05) is 4.57 Å². The van der Waals surface area contributed by atoms with Gasteiger partial charge in [0.15, 0.2) is 10.6 Å². The van der Waals surface area contributed by atoms with Gasteiger partial charge in [0, 0.05) is 13.2 Å². The van der Waals surface area contributed by atoms with Crippen molar-refractivity contribution in [3.8, 4) is 0 Å². The molecule has 0 atom stereocenters. The molecule has 0 unspecified atom stereocenters. The van der Waals surface area contributed by atoms with Gasteiger partial charge in [-0.15, -0.1) is 0 Å². The normalized spacial score (nSPS) is 10.7. The van der Waals surface area contributed by atoms with Gasteiger partial charge >= 0.3 is 0 Å². The molecule has 0 amide bonds. The Morgan fingerprint density at radius 2 is 2.21 bits per heavy atom. The van der Waals surface area contributed by atoms with E-state index in [0.29, 0.717) is 11.4 Å². The fraction of sp³-hybridized carbons (Fsp3) is 0.778. The van der Waals surface area contributed by atoms with E-state index in [1.165, 1.54) is 0 Å². The third kappa shape index (κ3) is 2.92. The first-order chi connectivity index (χ1) is 6.79. The Labute approximate surface area is 89.3 Å². The first-order valence-corrected chi connectivity index (χ1v) is 5.42. The van der Waals surface area contributed by atoms with Crippen molar-refractivity contribution in [3.63, 3.8) is 0 Å². The van der Waals surface area contributed by atoms with Crippen molar-refractivity contribution in [2.75, 3.05) is 6.61 Å². The predicted molar refractivity (Wildman–Crippen MR) is 57.6 cm³/mol. The number of nitrogens with one attached hydrogen (secondary N) is 1. The lowest BCUT2D eigenvalue weighted by molar-refractivity contribution is 0.113. The fourth-order valence-corrected chi connectivity index (χ4v) is 1.46. The van der Waals surface area contributed by atoms with E-state index >= 15 is 0 Å². The molecule has 1 heterocycles. The van der Waals surface area contributed by atoms with Crippen LogP contribution in [0.25, 0.3) is 0 Å².